The van der Waals surface area contributed by atoms with Gasteiger partial charge in [0.15, 0.2) is 0 Å². The van der Waals surface area contributed by atoms with Crippen LogP contribution in [0.2, 0.25) is 5.02 Å². The minimum atomic E-state index is -1.13. The van der Waals surface area contributed by atoms with Gasteiger partial charge in [-0.15, -0.1) is 0 Å². The van der Waals surface area contributed by atoms with Gasteiger partial charge in [0.2, 0.25) is 0 Å². The zero-order valence-electron chi connectivity index (χ0n) is 11.8. The van der Waals surface area contributed by atoms with E-state index >= 15 is 0 Å². The number of halogens is 1. The Kier molecular flexibility index (Phi) is 5.01. The number of carbonyl (C=O) groups is 2. The van der Waals surface area contributed by atoms with Crippen molar-refractivity contribution >= 4 is 23.5 Å². The van der Waals surface area contributed by atoms with Gasteiger partial charge in [-0.2, -0.15) is 0 Å². The summed E-state index contributed by atoms with van der Waals surface area (Å²) < 4.78 is 5.11. The Morgan fingerprint density at radius 2 is 2.00 bits per heavy atom. The number of carboxylic acid groups (broad SMARTS) is 1. The van der Waals surface area contributed by atoms with Crippen LogP contribution in [0.3, 0.4) is 0 Å². The van der Waals surface area contributed by atoms with E-state index in [1.54, 1.807) is 7.11 Å². The molecule has 2 aromatic carbocycles. The fourth-order valence-electron chi connectivity index (χ4n) is 1.90. The van der Waals surface area contributed by atoms with Gasteiger partial charge in [0.05, 0.1) is 17.7 Å². The molecule has 0 bridgehead atoms. The molecular weight excluding hydrogens is 306 g/mol. The summed E-state index contributed by atoms with van der Waals surface area (Å²) >= 11 is 5.85. The van der Waals surface area contributed by atoms with Crippen molar-refractivity contribution in [2.75, 3.05) is 7.11 Å². The number of carbonyl (C=O) groups excluding carboxylic acids is 1. The third-order valence-electron chi connectivity index (χ3n) is 3.05. The van der Waals surface area contributed by atoms with Crippen LogP contribution in [0.5, 0.6) is 5.75 Å². The van der Waals surface area contributed by atoms with Crippen LogP contribution in [-0.4, -0.2) is 24.1 Å². The third kappa shape index (κ3) is 3.77. The zero-order chi connectivity index (χ0) is 16.1. The molecule has 0 atom stereocenters. The Balaban J connectivity index is 2.06. The number of ether oxygens (including phenoxy) is 1. The Morgan fingerprint density at radius 3 is 2.64 bits per heavy atom. The maximum Gasteiger partial charge on any atom is 0.337 e. The molecule has 0 spiro atoms. The molecule has 0 aliphatic rings. The topological polar surface area (TPSA) is 75.6 Å². The maximum atomic E-state index is 12.1. The molecule has 0 saturated heterocycles. The van der Waals surface area contributed by atoms with E-state index in [9.17, 15) is 9.59 Å². The van der Waals surface area contributed by atoms with Crippen molar-refractivity contribution in [2.45, 2.75) is 6.54 Å². The number of hydrogen-bond acceptors (Lipinski definition) is 3. The van der Waals surface area contributed by atoms with Crippen molar-refractivity contribution in [3.05, 3.63) is 64.2 Å². The van der Waals surface area contributed by atoms with E-state index in [1.165, 1.54) is 18.2 Å². The lowest BCUT2D eigenvalue weighted by atomic mass is 10.1. The molecule has 22 heavy (non-hydrogen) atoms. The van der Waals surface area contributed by atoms with Gasteiger partial charge >= 0.3 is 5.97 Å². The summed E-state index contributed by atoms with van der Waals surface area (Å²) in [6.07, 6.45) is 0. The van der Waals surface area contributed by atoms with Gasteiger partial charge in [-0.25, -0.2) is 4.79 Å². The van der Waals surface area contributed by atoms with Gasteiger partial charge in [0.25, 0.3) is 5.91 Å². The first kappa shape index (κ1) is 15.9. The largest absolute Gasteiger partial charge is 0.497 e. The molecule has 0 unspecified atom stereocenters. The standard InChI is InChI=1S/C16H14ClNO4/c1-22-12-4-2-3-10(7-12)9-18-15(19)11-5-6-13(16(20)21)14(17)8-11/h2-8H,9H2,1H3,(H,18,19)(H,20,21). The lowest BCUT2D eigenvalue weighted by Gasteiger charge is -2.08. The molecule has 0 saturated carbocycles. The second kappa shape index (κ2) is 6.95. The highest BCUT2D eigenvalue weighted by atomic mass is 35.5. The first-order valence-electron chi connectivity index (χ1n) is 6.45. The van der Waals surface area contributed by atoms with E-state index in [4.69, 9.17) is 21.4 Å². The van der Waals surface area contributed by atoms with Gasteiger partial charge < -0.3 is 15.2 Å². The van der Waals surface area contributed by atoms with Crippen molar-refractivity contribution < 1.29 is 19.4 Å². The Hall–Kier alpha value is -2.53. The number of amides is 1. The van der Waals surface area contributed by atoms with Crippen molar-refractivity contribution in [1.82, 2.24) is 5.32 Å². The highest BCUT2D eigenvalue weighted by Crippen LogP contribution is 2.18. The summed E-state index contributed by atoms with van der Waals surface area (Å²) in [5, 5.41) is 11.7. The van der Waals surface area contributed by atoms with Crippen LogP contribution in [-0.2, 0) is 6.54 Å². The number of carboxylic acids is 1. The minimum absolute atomic E-state index is 0.0292. The van der Waals surface area contributed by atoms with Crippen LogP contribution < -0.4 is 10.1 Å². The summed E-state index contributed by atoms with van der Waals surface area (Å²) in [5.41, 5.74) is 1.16. The van der Waals surface area contributed by atoms with Crippen LogP contribution in [0.4, 0.5) is 0 Å². The highest BCUT2D eigenvalue weighted by Gasteiger charge is 2.12. The quantitative estimate of drug-likeness (QED) is 0.888. The van der Waals surface area contributed by atoms with Crippen LogP contribution in [0, 0.1) is 0 Å². The molecule has 0 radical (unpaired) electrons. The van der Waals surface area contributed by atoms with Crippen LogP contribution >= 0.6 is 11.6 Å². The van der Waals surface area contributed by atoms with E-state index in [-0.39, 0.29) is 16.5 Å². The number of rotatable bonds is 5. The number of nitrogens with one attached hydrogen (secondary N) is 1. The van der Waals surface area contributed by atoms with E-state index < -0.39 is 5.97 Å². The second-order valence-corrected chi connectivity index (χ2v) is 4.94. The molecule has 0 fully saturated rings. The van der Waals surface area contributed by atoms with Crippen molar-refractivity contribution in [3.63, 3.8) is 0 Å². The lowest BCUT2D eigenvalue weighted by Crippen LogP contribution is -2.22. The molecule has 2 N–H and O–H groups in total. The summed E-state index contributed by atoms with van der Waals surface area (Å²) in [6, 6.07) is 11.4. The summed E-state index contributed by atoms with van der Waals surface area (Å²) in [4.78, 5) is 22.9. The Morgan fingerprint density at radius 1 is 1.23 bits per heavy atom. The van der Waals surface area contributed by atoms with E-state index in [0.717, 1.165) is 5.56 Å². The van der Waals surface area contributed by atoms with Gasteiger partial charge in [-0.3, -0.25) is 4.79 Å². The minimum Gasteiger partial charge on any atom is -0.497 e. The molecule has 114 valence electrons. The van der Waals surface area contributed by atoms with Gasteiger partial charge in [-0.1, -0.05) is 23.7 Å². The maximum absolute atomic E-state index is 12.1. The third-order valence-corrected chi connectivity index (χ3v) is 3.36. The van der Waals surface area contributed by atoms with Gasteiger partial charge in [0, 0.05) is 12.1 Å². The van der Waals surface area contributed by atoms with Gasteiger partial charge in [-0.05, 0) is 35.9 Å². The first-order chi connectivity index (χ1) is 10.5. The van der Waals surface area contributed by atoms with E-state index in [1.807, 2.05) is 24.3 Å². The van der Waals surface area contributed by atoms with Crippen molar-refractivity contribution in [1.29, 1.82) is 0 Å². The Labute approximate surface area is 132 Å². The van der Waals surface area contributed by atoms with Crippen LogP contribution in [0.25, 0.3) is 0 Å². The SMILES string of the molecule is COc1cccc(CNC(=O)c2ccc(C(=O)O)c(Cl)c2)c1. The zero-order valence-corrected chi connectivity index (χ0v) is 12.6. The molecule has 2 aromatic rings. The molecule has 0 aliphatic carbocycles. The summed E-state index contributed by atoms with van der Waals surface area (Å²) in [6.45, 7) is 0.328. The first-order valence-corrected chi connectivity index (χ1v) is 6.83. The van der Waals surface area contributed by atoms with Gasteiger partial charge in [0.1, 0.15) is 5.75 Å². The monoisotopic (exact) mass is 319 g/mol. The fraction of sp³-hybridized carbons (Fsp3) is 0.125. The predicted molar refractivity (Wildman–Crippen MR) is 82.6 cm³/mol. The molecule has 6 heteroatoms. The lowest BCUT2D eigenvalue weighted by molar-refractivity contribution is 0.0696. The Bertz CT molecular complexity index is 715. The smallest absolute Gasteiger partial charge is 0.337 e. The van der Waals surface area contributed by atoms with Crippen molar-refractivity contribution in [2.24, 2.45) is 0 Å². The average molecular weight is 320 g/mol. The summed E-state index contributed by atoms with van der Waals surface area (Å²) in [7, 11) is 1.57. The molecule has 0 aromatic heterocycles. The normalized spacial score (nSPS) is 10.1. The molecule has 0 aliphatic heterocycles. The fourth-order valence-corrected chi connectivity index (χ4v) is 2.16. The number of methoxy groups -OCH3 is 1. The molecule has 5 nitrogen and oxygen atoms in total. The number of benzene rings is 2. The second-order valence-electron chi connectivity index (χ2n) is 4.53. The van der Waals surface area contributed by atoms with E-state index in [2.05, 4.69) is 5.32 Å². The molecular formula is C16H14ClNO4. The van der Waals surface area contributed by atoms with E-state index in [0.29, 0.717) is 17.9 Å². The van der Waals surface area contributed by atoms with Crippen molar-refractivity contribution in [3.8, 4) is 5.75 Å². The number of aromatic carboxylic acids is 1. The number of hydrogen-bond donors (Lipinski definition) is 2. The molecule has 1 amide bonds. The molecule has 0 heterocycles. The predicted octanol–water partition coefficient (Wildman–Crippen LogP) is 2.98. The van der Waals surface area contributed by atoms with Crippen LogP contribution in [0.15, 0.2) is 42.5 Å². The average Bonchev–Trinajstić information content (AvgIpc) is 2.52. The summed E-state index contributed by atoms with van der Waals surface area (Å²) in [5.74, 6) is -0.754. The molecule has 2 rings (SSSR count). The highest BCUT2D eigenvalue weighted by molar-refractivity contribution is 6.33. The van der Waals surface area contributed by atoms with Crippen LogP contribution in [0.1, 0.15) is 26.3 Å².